The number of nitrogens with zero attached hydrogens (tertiary/aromatic N) is 2. The number of benzene rings is 2. The third kappa shape index (κ3) is 2.91. The topological polar surface area (TPSA) is 40.6 Å². The highest BCUT2D eigenvalue weighted by molar-refractivity contribution is 6.33. The first kappa shape index (κ1) is 16.2. The molecule has 0 aromatic heterocycles. The molecule has 1 atom stereocenters. The molecule has 2 aliphatic rings. The number of para-hydroxylation sites is 2. The third-order valence-corrected chi connectivity index (χ3v) is 5.31. The number of rotatable bonds is 2. The van der Waals surface area contributed by atoms with E-state index in [0.29, 0.717) is 23.8 Å². The summed E-state index contributed by atoms with van der Waals surface area (Å²) >= 11 is 6.22. The molecule has 2 aromatic rings. The average Bonchev–Trinajstić information content (AvgIpc) is 3.02. The normalized spacial score (nSPS) is 19.9. The van der Waals surface area contributed by atoms with E-state index in [0.717, 1.165) is 18.5 Å². The Balaban J connectivity index is 1.57. The second-order valence-corrected chi connectivity index (χ2v) is 6.99. The van der Waals surface area contributed by atoms with Crippen LogP contribution >= 0.6 is 11.6 Å². The summed E-state index contributed by atoms with van der Waals surface area (Å²) in [5.41, 5.74) is 2.88. The molecule has 25 heavy (non-hydrogen) atoms. The van der Waals surface area contributed by atoms with Gasteiger partial charge in [0.05, 0.1) is 16.6 Å². The molecule has 4 nitrogen and oxygen atoms in total. The van der Waals surface area contributed by atoms with Crippen molar-refractivity contribution in [1.29, 1.82) is 0 Å². The molecule has 0 bridgehead atoms. The minimum Gasteiger partial charge on any atom is -0.312 e. The van der Waals surface area contributed by atoms with E-state index < -0.39 is 0 Å². The Morgan fingerprint density at radius 3 is 2.56 bits per heavy atom. The van der Waals surface area contributed by atoms with Gasteiger partial charge >= 0.3 is 0 Å². The van der Waals surface area contributed by atoms with E-state index in [9.17, 15) is 9.59 Å². The largest absolute Gasteiger partial charge is 0.312 e. The lowest BCUT2D eigenvalue weighted by atomic mass is 9.99. The fraction of sp³-hybridized carbons (Fsp3) is 0.300. The number of fused-ring (bicyclic) bond motifs is 1. The van der Waals surface area contributed by atoms with Crippen molar-refractivity contribution >= 4 is 34.8 Å². The number of carbonyl (C=O) groups is 2. The first-order chi connectivity index (χ1) is 12.1. The van der Waals surface area contributed by atoms with Gasteiger partial charge in [-0.3, -0.25) is 9.59 Å². The van der Waals surface area contributed by atoms with Crippen molar-refractivity contribution in [2.45, 2.75) is 19.3 Å². The Morgan fingerprint density at radius 1 is 1.04 bits per heavy atom. The summed E-state index contributed by atoms with van der Waals surface area (Å²) in [5, 5.41) is 0.535. The van der Waals surface area contributed by atoms with Crippen LogP contribution in [-0.4, -0.2) is 24.9 Å². The highest BCUT2D eigenvalue weighted by Gasteiger charge is 2.38. The molecule has 2 aliphatic heterocycles. The summed E-state index contributed by atoms with van der Waals surface area (Å²) in [6.45, 7) is 1.10. The van der Waals surface area contributed by atoms with Gasteiger partial charge in [-0.1, -0.05) is 41.9 Å². The van der Waals surface area contributed by atoms with Crippen molar-refractivity contribution < 1.29 is 9.59 Å². The van der Waals surface area contributed by atoms with E-state index in [1.54, 1.807) is 11.0 Å². The van der Waals surface area contributed by atoms with Gasteiger partial charge in [-0.2, -0.15) is 0 Å². The maximum Gasteiger partial charge on any atom is 0.232 e. The van der Waals surface area contributed by atoms with Crippen LogP contribution in [0, 0.1) is 5.92 Å². The Hall–Kier alpha value is -2.33. The van der Waals surface area contributed by atoms with Crippen molar-refractivity contribution in [1.82, 2.24) is 0 Å². The molecule has 2 amide bonds. The molecule has 5 heteroatoms. The fourth-order valence-corrected chi connectivity index (χ4v) is 4.00. The molecule has 4 rings (SSSR count). The minimum atomic E-state index is -0.324. The molecule has 0 spiro atoms. The van der Waals surface area contributed by atoms with Gasteiger partial charge in [0.25, 0.3) is 0 Å². The molecule has 0 unspecified atom stereocenters. The third-order valence-electron chi connectivity index (χ3n) is 4.99. The summed E-state index contributed by atoms with van der Waals surface area (Å²) in [6, 6.07) is 15.3. The van der Waals surface area contributed by atoms with E-state index in [1.807, 2.05) is 41.3 Å². The SMILES string of the molecule is O=C1C[C@@H](C(=O)N2CCCc3ccccc32)CN1c1ccccc1Cl. The van der Waals surface area contributed by atoms with Crippen molar-refractivity contribution in [3.63, 3.8) is 0 Å². The fourth-order valence-electron chi connectivity index (χ4n) is 3.76. The van der Waals surface area contributed by atoms with Gasteiger partial charge in [0, 0.05) is 25.2 Å². The lowest BCUT2D eigenvalue weighted by molar-refractivity contribution is -0.124. The van der Waals surface area contributed by atoms with Crippen molar-refractivity contribution in [2.75, 3.05) is 22.9 Å². The van der Waals surface area contributed by atoms with Crippen LogP contribution in [0.15, 0.2) is 48.5 Å². The van der Waals surface area contributed by atoms with Gasteiger partial charge < -0.3 is 9.80 Å². The summed E-state index contributed by atoms with van der Waals surface area (Å²) < 4.78 is 0. The minimum absolute atomic E-state index is 0.0371. The smallest absolute Gasteiger partial charge is 0.232 e. The van der Waals surface area contributed by atoms with Crippen LogP contribution in [-0.2, 0) is 16.0 Å². The van der Waals surface area contributed by atoms with Crippen LogP contribution in [0.2, 0.25) is 5.02 Å². The predicted molar refractivity (Wildman–Crippen MR) is 99.0 cm³/mol. The van der Waals surface area contributed by atoms with Gasteiger partial charge in [-0.15, -0.1) is 0 Å². The number of halogens is 1. The number of anilines is 2. The lowest BCUT2D eigenvalue weighted by Crippen LogP contribution is -2.40. The van der Waals surface area contributed by atoms with Crippen molar-refractivity contribution in [3.05, 3.63) is 59.1 Å². The Kier molecular flexibility index (Phi) is 4.22. The highest BCUT2D eigenvalue weighted by atomic mass is 35.5. The maximum atomic E-state index is 13.1. The molecular formula is C20H19ClN2O2. The standard InChI is InChI=1S/C20H19ClN2O2/c21-16-8-2-4-10-18(16)23-13-15(12-19(23)24)20(25)22-11-5-7-14-6-1-3-9-17(14)22/h1-4,6,8-10,15H,5,7,11-13H2/t15-/m1/s1. The van der Waals surface area contributed by atoms with Gasteiger partial charge in [0.1, 0.15) is 0 Å². The predicted octanol–water partition coefficient (Wildman–Crippen LogP) is 3.67. The Labute approximate surface area is 152 Å². The maximum absolute atomic E-state index is 13.1. The summed E-state index contributed by atoms with van der Waals surface area (Å²) in [7, 11) is 0. The molecule has 0 N–H and O–H groups in total. The van der Waals surface area contributed by atoms with E-state index >= 15 is 0 Å². The molecule has 0 radical (unpaired) electrons. The number of carbonyl (C=O) groups excluding carboxylic acids is 2. The zero-order valence-electron chi connectivity index (χ0n) is 13.8. The number of amides is 2. The number of aryl methyl sites for hydroxylation is 1. The van der Waals surface area contributed by atoms with Gasteiger partial charge in [-0.25, -0.2) is 0 Å². The van der Waals surface area contributed by atoms with Crippen LogP contribution in [0.25, 0.3) is 0 Å². The van der Waals surface area contributed by atoms with Crippen molar-refractivity contribution in [2.24, 2.45) is 5.92 Å². The van der Waals surface area contributed by atoms with Crippen LogP contribution in [0.4, 0.5) is 11.4 Å². The highest BCUT2D eigenvalue weighted by Crippen LogP contribution is 2.34. The quantitative estimate of drug-likeness (QED) is 0.825. The summed E-state index contributed by atoms with van der Waals surface area (Å²) in [6.07, 6.45) is 2.19. The zero-order valence-corrected chi connectivity index (χ0v) is 14.6. The zero-order chi connectivity index (χ0) is 17.4. The van der Waals surface area contributed by atoms with Crippen LogP contribution in [0.3, 0.4) is 0 Å². The molecule has 0 aliphatic carbocycles. The molecular weight excluding hydrogens is 336 g/mol. The first-order valence-electron chi connectivity index (χ1n) is 8.59. The Bertz CT molecular complexity index is 836. The molecule has 0 saturated carbocycles. The first-order valence-corrected chi connectivity index (χ1v) is 8.97. The second-order valence-electron chi connectivity index (χ2n) is 6.58. The van der Waals surface area contributed by atoms with Gasteiger partial charge in [-0.05, 0) is 36.6 Å². The lowest BCUT2D eigenvalue weighted by Gasteiger charge is -2.31. The molecule has 2 heterocycles. The molecule has 1 fully saturated rings. The van der Waals surface area contributed by atoms with Gasteiger partial charge in [0.2, 0.25) is 11.8 Å². The van der Waals surface area contributed by atoms with Crippen molar-refractivity contribution in [3.8, 4) is 0 Å². The summed E-state index contributed by atoms with van der Waals surface area (Å²) in [5.74, 6) is -0.332. The molecule has 2 aromatic carbocycles. The van der Waals surface area contributed by atoms with Crippen LogP contribution in [0.5, 0.6) is 0 Å². The van der Waals surface area contributed by atoms with Crippen LogP contribution in [0.1, 0.15) is 18.4 Å². The van der Waals surface area contributed by atoms with Gasteiger partial charge in [0.15, 0.2) is 0 Å². The number of hydrogen-bond donors (Lipinski definition) is 0. The monoisotopic (exact) mass is 354 g/mol. The van der Waals surface area contributed by atoms with Crippen LogP contribution < -0.4 is 9.80 Å². The van der Waals surface area contributed by atoms with E-state index in [-0.39, 0.29) is 24.2 Å². The van der Waals surface area contributed by atoms with E-state index in [2.05, 4.69) is 6.07 Å². The number of hydrogen-bond acceptors (Lipinski definition) is 2. The Morgan fingerprint density at radius 2 is 1.76 bits per heavy atom. The van der Waals surface area contributed by atoms with E-state index in [4.69, 9.17) is 11.6 Å². The average molecular weight is 355 g/mol. The molecule has 1 saturated heterocycles. The van der Waals surface area contributed by atoms with E-state index in [1.165, 1.54) is 5.56 Å². The molecule has 128 valence electrons. The second kappa shape index (κ2) is 6.52. The summed E-state index contributed by atoms with van der Waals surface area (Å²) in [4.78, 5) is 29.0.